The van der Waals surface area contributed by atoms with Crippen LogP contribution in [0.5, 0.6) is 0 Å². The van der Waals surface area contributed by atoms with Crippen LogP contribution in [0.25, 0.3) is 10.4 Å². The molecule has 0 heterocycles. The molecule has 0 amide bonds. The minimum Gasteiger partial charge on any atom is -0.294 e. The first-order chi connectivity index (χ1) is 12.3. The Labute approximate surface area is 169 Å². The number of carbonyl (C=O) groups is 1. The van der Waals surface area contributed by atoms with Crippen molar-refractivity contribution in [2.75, 3.05) is 0 Å². The lowest BCUT2D eigenvalue weighted by atomic mass is 9.75. The highest BCUT2D eigenvalue weighted by Crippen LogP contribution is 2.45. The van der Waals surface area contributed by atoms with Gasteiger partial charge in [-0.2, -0.15) is 0 Å². The van der Waals surface area contributed by atoms with Crippen molar-refractivity contribution >= 4 is 39.6 Å². The Balaban J connectivity index is 2.14. The zero-order valence-electron chi connectivity index (χ0n) is 15.6. The molecule has 132 valence electrons. The van der Waals surface area contributed by atoms with Gasteiger partial charge in [-0.15, -0.1) is 0 Å². The van der Waals surface area contributed by atoms with Crippen LogP contribution in [0.2, 0.25) is 0 Å². The van der Waals surface area contributed by atoms with Crippen molar-refractivity contribution in [3.8, 4) is 0 Å². The van der Waals surface area contributed by atoms with E-state index in [-0.39, 0.29) is 11.2 Å². The summed E-state index contributed by atoms with van der Waals surface area (Å²) < 4.78 is 1.27. The Kier molecular flexibility index (Phi) is 5.07. The maximum absolute atomic E-state index is 12.5. The lowest BCUT2D eigenvalue weighted by Gasteiger charge is -2.29. The van der Waals surface area contributed by atoms with Crippen LogP contribution in [0, 0.1) is 10.1 Å². The van der Waals surface area contributed by atoms with E-state index < -0.39 is 0 Å². The first-order valence-electron chi connectivity index (χ1n) is 8.83. The van der Waals surface area contributed by atoms with E-state index in [0.717, 1.165) is 35.1 Å². The van der Waals surface area contributed by atoms with Gasteiger partial charge in [0.05, 0.1) is 6.57 Å². The third kappa shape index (κ3) is 3.12. The largest absolute Gasteiger partial charge is 0.294 e. The summed E-state index contributed by atoms with van der Waals surface area (Å²) in [6.45, 7) is 15.5. The van der Waals surface area contributed by atoms with Crippen molar-refractivity contribution in [3.63, 3.8) is 0 Å². The Morgan fingerprint density at radius 1 is 1.23 bits per heavy atom. The van der Waals surface area contributed by atoms with Crippen molar-refractivity contribution in [1.82, 2.24) is 0 Å². The zero-order chi connectivity index (χ0) is 19.1. The van der Waals surface area contributed by atoms with Gasteiger partial charge in [-0.05, 0) is 76.2 Å². The molecule has 0 fully saturated rings. The quantitative estimate of drug-likeness (QED) is 0.393. The number of nitrogens with zero attached hydrogens (tertiary/aromatic N) is 1. The zero-order valence-corrected chi connectivity index (χ0v) is 17.8. The number of hydrogen-bond donors (Lipinski definition) is 0. The van der Waals surface area contributed by atoms with Crippen molar-refractivity contribution in [2.24, 2.45) is 0 Å². The van der Waals surface area contributed by atoms with Gasteiger partial charge in [-0.3, -0.25) is 4.79 Å². The Morgan fingerprint density at radius 2 is 1.96 bits per heavy atom. The van der Waals surface area contributed by atoms with Gasteiger partial charge >= 0.3 is 0 Å². The van der Waals surface area contributed by atoms with Crippen molar-refractivity contribution < 1.29 is 4.79 Å². The summed E-state index contributed by atoms with van der Waals surface area (Å²) in [5.74, 6) is 0.0993. The molecule has 2 aromatic carbocycles. The molecule has 0 aliphatic heterocycles. The van der Waals surface area contributed by atoms with Gasteiger partial charge in [0, 0.05) is 14.6 Å². The van der Waals surface area contributed by atoms with E-state index >= 15 is 0 Å². The number of benzene rings is 2. The number of allylic oxidation sites excluding steroid dienone is 2. The van der Waals surface area contributed by atoms with E-state index in [2.05, 4.69) is 66.4 Å². The molecule has 0 saturated heterocycles. The van der Waals surface area contributed by atoms with Gasteiger partial charge in [0.25, 0.3) is 0 Å². The van der Waals surface area contributed by atoms with Crippen LogP contribution >= 0.6 is 22.6 Å². The maximum atomic E-state index is 12.5. The normalized spacial score (nSPS) is 13.5. The van der Waals surface area contributed by atoms with E-state index in [1.54, 1.807) is 6.92 Å². The number of ketones is 1. The molecule has 0 spiro atoms. The molecule has 0 bridgehead atoms. The van der Waals surface area contributed by atoms with Crippen LogP contribution in [0.3, 0.4) is 0 Å². The molecule has 2 nitrogen and oxygen atoms in total. The Hall–Kier alpha value is -1.93. The summed E-state index contributed by atoms with van der Waals surface area (Å²) in [6.07, 6.45) is 1.75. The third-order valence-electron chi connectivity index (χ3n) is 5.42. The average molecular weight is 455 g/mol. The van der Waals surface area contributed by atoms with Crippen LogP contribution in [-0.4, -0.2) is 5.78 Å². The fourth-order valence-electron chi connectivity index (χ4n) is 3.81. The highest BCUT2D eigenvalue weighted by Gasteiger charge is 2.35. The fourth-order valence-corrected chi connectivity index (χ4v) is 4.71. The van der Waals surface area contributed by atoms with Gasteiger partial charge in [-0.25, -0.2) is 4.85 Å². The molecule has 0 N–H and O–H groups in total. The minimum absolute atomic E-state index is 0.0993. The van der Waals surface area contributed by atoms with Gasteiger partial charge in [0.1, 0.15) is 0 Å². The predicted molar refractivity (Wildman–Crippen MR) is 116 cm³/mol. The molecule has 0 unspecified atom stereocenters. The van der Waals surface area contributed by atoms with E-state index in [1.807, 2.05) is 18.2 Å². The molecule has 0 radical (unpaired) electrons. The molecule has 26 heavy (non-hydrogen) atoms. The number of aryl methyl sites for hydroxylation is 1. The third-order valence-corrected chi connectivity index (χ3v) is 6.42. The predicted octanol–water partition coefficient (Wildman–Crippen LogP) is 6.28. The summed E-state index contributed by atoms with van der Waals surface area (Å²) in [7, 11) is 0. The SMILES string of the molecule is [C-]#[N+]c1ccc2c(c1)CC(C(C)(C)c1ccc(CC)c(I)c1)=C2C(C)=O. The van der Waals surface area contributed by atoms with Gasteiger partial charge in [0.2, 0.25) is 0 Å². The molecular formula is C23H22INO. The second-order valence-corrected chi connectivity index (χ2v) is 8.49. The summed E-state index contributed by atoms with van der Waals surface area (Å²) in [5, 5.41) is 0. The molecule has 0 aromatic heterocycles. The summed E-state index contributed by atoms with van der Waals surface area (Å²) in [5.41, 5.74) is 7.03. The van der Waals surface area contributed by atoms with Crippen LogP contribution in [0.4, 0.5) is 5.69 Å². The summed E-state index contributed by atoms with van der Waals surface area (Å²) in [4.78, 5) is 16.0. The van der Waals surface area contributed by atoms with Crippen LogP contribution in [-0.2, 0) is 23.1 Å². The van der Waals surface area contributed by atoms with Crippen molar-refractivity contribution in [2.45, 2.75) is 46.0 Å². The average Bonchev–Trinajstić information content (AvgIpc) is 3.01. The molecule has 3 rings (SSSR count). The van der Waals surface area contributed by atoms with Crippen LogP contribution < -0.4 is 0 Å². The monoisotopic (exact) mass is 455 g/mol. The highest BCUT2D eigenvalue weighted by atomic mass is 127. The van der Waals surface area contributed by atoms with Gasteiger partial charge in [0.15, 0.2) is 11.5 Å². The standard InChI is InChI=1S/C23H22INO/c1-6-15-7-8-17(13-21(15)24)23(3,4)20-12-16-11-18(25-5)9-10-19(16)22(20)14(2)26/h7-11,13H,6,12H2,1-4H3. The Bertz CT molecular complexity index is 976. The molecule has 3 heteroatoms. The first-order valence-corrected chi connectivity index (χ1v) is 9.91. The molecule has 0 saturated carbocycles. The van der Waals surface area contributed by atoms with Crippen molar-refractivity contribution in [1.29, 1.82) is 0 Å². The number of fused-ring (bicyclic) bond motifs is 1. The number of carbonyl (C=O) groups excluding carboxylic acids is 1. The van der Waals surface area contributed by atoms with E-state index in [0.29, 0.717) is 5.69 Å². The molecule has 1 aliphatic carbocycles. The van der Waals surface area contributed by atoms with Crippen molar-refractivity contribution in [3.05, 3.63) is 79.2 Å². The maximum Gasteiger partial charge on any atom is 0.187 e. The van der Waals surface area contributed by atoms with E-state index in [1.165, 1.54) is 14.7 Å². The molecule has 0 atom stereocenters. The van der Waals surface area contributed by atoms with E-state index in [9.17, 15) is 4.79 Å². The molecular weight excluding hydrogens is 433 g/mol. The first kappa shape index (κ1) is 18.8. The summed E-state index contributed by atoms with van der Waals surface area (Å²) in [6, 6.07) is 12.3. The van der Waals surface area contributed by atoms with Crippen LogP contribution in [0.1, 0.15) is 49.9 Å². The number of halogens is 1. The highest BCUT2D eigenvalue weighted by molar-refractivity contribution is 14.1. The fraction of sp³-hybridized carbons (Fsp3) is 0.304. The van der Waals surface area contributed by atoms with E-state index in [4.69, 9.17) is 6.57 Å². The van der Waals surface area contributed by atoms with Gasteiger partial charge < -0.3 is 0 Å². The summed E-state index contributed by atoms with van der Waals surface area (Å²) >= 11 is 2.40. The number of rotatable bonds is 4. The lowest BCUT2D eigenvalue weighted by Crippen LogP contribution is -2.22. The Morgan fingerprint density at radius 3 is 2.54 bits per heavy atom. The molecule has 2 aromatic rings. The second-order valence-electron chi connectivity index (χ2n) is 7.32. The van der Waals surface area contributed by atoms with Gasteiger partial charge in [-0.1, -0.05) is 51.1 Å². The number of hydrogen-bond acceptors (Lipinski definition) is 1. The number of Topliss-reactive ketones (excluding diaryl/α,β-unsaturated/α-hetero) is 1. The smallest absolute Gasteiger partial charge is 0.187 e. The topological polar surface area (TPSA) is 21.4 Å². The van der Waals surface area contributed by atoms with Crippen LogP contribution in [0.15, 0.2) is 42.0 Å². The minimum atomic E-state index is -0.246. The lowest BCUT2D eigenvalue weighted by molar-refractivity contribution is -0.111. The molecule has 1 aliphatic rings. The second kappa shape index (κ2) is 7.00.